The number of nitrogens with zero attached hydrogens (tertiary/aromatic N) is 1. The van der Waals surface area contributed by atoms with Crippen LogP contribution in [0.5, 0.6) is 0 Å². The minimum Gasteiger partial charge on any atom is -0.463 e. The maximum Gasteiger partial charge on any atom is 0.120 e. The highest BCUT2D eigenvalue weighted by atomic mass is 16.3. The van der Waals surface area contributed by atoms with Gasteiger partial charge >= 0.3 is 0 Å². The first-order chi connectivity index (χ1) is 9.26. The number of likely N-dealkylation sites (tertiary alicyclic amines) is 1. The lowest BCUT2D eigenvalue weighted by atomic mass is 10.0. The van der Waals surface area contributed by atoms with Crippen LogP contribution in [0.3, 0.4) is 0 Å². The third-order valence-corrected chi connectivity index (χ3v) is 4.79. The van der Waals surface area contributed by atoms with Crippen molar-refractivity contribution in [2.75, 3.05) is 19.6 Å². The van der Waals surface area contributed by atoms with Gasteiger partial charge in [-0.1, -0.05) is 13.3 Å². The molecule has 1 N–H and O–H groups in total. The Hall–Kier alpha value is -0.800. The molecule has 2 atom stereocenters. The molecule has 19 heavy (non-hydrogen) atoms. The highest BCUT2D eigenvalue weighted by Crippen LogP contribution is 2.38. The van der Waals surface area contributed by atoms with E-state index in [9.17, 15) is 0 Å². The Bertz CT molecular complexity index is 414. The van der Waals surface area contributed by atoms with Gasteiger partial charge in [-0.25, -0.2) is 0 Å². The molecule has 0 bridgehead atoms. The summed E-state index contributed by atoms with van der Waals surface area (Å²) in [6.07, 6.45) is 4.35. The zero-order valence-corrected chi connectivity index (χ0v) is 12.2. The van der Waals surface area contributed by atoms with Gasteiger partial charge in [-0.3, -0.25) is 4.90 Å². The fourth-order valence-electron chi connectivity index (χ4n) is 3.76. The van der Waals surface area contributed by atoms with Crippen molar-refractivity contribution in [3.63, 3.8) is 0 Å². The molecule has 3 nitrogen and oxygen atoms in total. The molecule has 2 aliphatic rings. The molecule has 2 fully saturated rings. The lowest BCUT2D eigenvalue weighted by molar-refractivity contribution is 0.271. The fourth-order valence-corrected chi connectivity index (χ4v) is 3.76. The summed E-state index contributed by atoms with van der Waals surface area (Å²) in [5.74, 6) is 4.19. The Balaban J connectivity index is 1.58. The number of hydrogen-bond donors (Lipinski definition) is 1. The standard InChI is InChI=1S/C16H26N2O/c1-3-17-8-16-12(2)7-15(19-16)11-18-9-13-5-4-6-14(13)10-18/h7,13-14,17H,3-6,8-11H2,1-2H3. The van der Waals surface area contributed by atoms with Crippen molar-refractivity contribution in [1.29, 1.82) is 0 Å². The lowest BCUT2D eigenvalue weighted by Gasteiger charge is -2.14. The number of hydrogen-bond acceptors (Lipinski definition) is 3. The SMILES string of the molecule is CCNCc1oc(CN2CC3CCCC3C2)cc1C. The topological polar surface area (TPSA) is 28.4 Å². The molecule has 0 aromatic carbocycles. The largest absolute Gasteiger partial charge is 0.463 e. The number of nitrogens with one attached hydrogen (secondary N) is 1. The van der Waals surface area contributed by atoms with Gasteiger partial charge in [-0.05, 0) is 49.8 Å². The van der Waals surface area contributed by atoms with Gasteiger partial charge in [0.2, 0.25) is 0 Å². The van der Waals surface area contributed by atoms with Crippen molar-refractivity contribution in [2.24, 2.45) is 11.8 Å². The van der Waals surface area contributed by atoms with Crippen LogP contribution in [-0.4, -0.2) is 24.5 Å². The van der Waals surface area contributed by atoms with Gasteiger partial charge in [-0.15, -0.1) is 0 Å². The van der Waals surface area contributed by atoms with E-state index in [1.165, 1.54) is 37.9 Å². The average Bonchev–Trinajstić information content (AvgIpc) is 3.02. The molecule has 0 spiro atoms. The third kappa shape index (κ3) is 2.87. The van der Waals surface area contributed by atoms with E-state index in [1.807, 2.05) is 0 Å². The smallest absolute Gasteiger partial charge is 0.120 e. The second-order valence-electron chi connectivity index (χ2n) is 6.24. The van der Waals surface area contributed by atoms with Crippen LogP contribution in [0.2, 0.25) is 0 Å². The van der Waals surface area contributed by atoms with Crippen LogP contribution in [0.25, 0.3) is 0 Å². The van der Waals surface area contributed by atoms with Gasteiger partial charge in [0.25, 0.3) is 0 Å². The predicted molar refractivity (Wildman–Crippen MR) is 76.9 cm³/mol. The van der Waals surface area contributed by atoms with Gasteiger partial charge in [-0.2, -0.15) is 0 Å². The van der Waals surface area contributed by atoms with Crippen LogP contribution < -0.4 is 5.32 Å². The first kappa shape index (κ1) is 13.2. The van der Waals surface area contributed by atoms with Crippen LogP contribution in [0.4, 0.5) is 0 Å². The molecule has 1 aliphatic carbocycles. The quantitative estimate of drug-likeness (QED) is 0.884. The zero-order chi connectivity index (χ0) is 13.2. The predicted octanol–water partition coefficient (Wildman–Crippen LogP) is 2.93. The second-order valence-corrected chi connectivity index (χ2v) is 6.24. The van der Waals surface area contributed by atoms with E-state index in [0.29, 0.717) is 0 Å². The van der Waals surface area contributed by atoms with E-state index in [-0.39, 0.29) is 0 Å². The zero-order valence-electron chi connectivity index (χ0n) is 12.2. The summed E-state index contributed by atoms with van der Waals surface area (Å²) in [7, 11) is 0. The fraction of sp³-hybridized carbons (Fsp3) is 0.750. The van der Waals surface area contributed by atoms with Crippen molar-refractivity contribution >= 4 is 0 Å². The van der Waals surface area contributed by atoms with E-state index in [4.69, 9.17) is 4.42 Å². The van der Waals surface area contributed by atoms with E-state index in [2.05, 4.69) is 30.1 Å². The molecule has 1 saturated heterocycles. The number of rotatable bonds is 5. The molecule has 0 amide bonds. The molecule has 1 saturated carbocycles. The molecular formula is C16H26N2O. The van der Waals surface area contributed by atoms with Crippen molar-refractivity contribution in [3.05, 3.63) is 23.2 Å². The average molecular weight is 262 g/mol. The van der Waals surface area contributed by atoms with Crippen LogP contribution in [0, 0.1) is 18.8 Å². The Labute approximate surface area is 116 Å². The maximum atomic E-state index is 6.00. The number of fused-ring (bicyclic) bond motifs is 1. The summed E-state index contributed by atoms with van der Waals surface area (Å²) in [6, 6.07) is 2.22. The Morgan fingerprint density at radius 3 is 2.74 bits per heavy atom. The summed E-state index contributed by atoms with van der Waals surface area (Å²) in [4.78, 5) is 2.59. The Kier molecular flexibility index (Phi) is 3.94. The van der Waals surface area contributed by atoms with Crippen molar-refractivity contribution in [3.8, 4) is 0 Å². The Morgan fingerprint density at radius 1 is 1.32 bits per heavy atom. The van der Waals surface area contributed by atoms with Crippen molar-refractivity contribution < 1.29 is 4.42 Å². The molecule has 1 aromatic heterocycles. The normalized spacial score (nSPS) is 27.1. The monoisotopic (exact) mass is 262 g/mol. The molecule has 2 heterocycles. The van der Waals surface area contributed by atoms with Crippen LogP contribution in [0.15, 0.2) is 10.5 Å². The van der Waals surface area contributed by atoms with E-state index in [1.54, 1.807) is 0 Å². The summed E-state index contributed by atoms with van der Waals surface area (Å²) >= 11 is 0. The van der Waals surface area contributed by atoms with Crippen LogP contribution in [0.1, 0.15) is 43.3 Å². The Morgan fingerprint density at radius 2 is 2.05 bits per heavy atom. The first-order valence-electron chi connectivity index (χ1n) is 7.77. The minimum atomic E-state index is 0.855. The maximum absolute atomic E-state index is 6.00. The molecule has 106 valence electrons. The van der Waals surface area contributed by atoms with E-state index >= 15 is 0 Å². The van der Waals surface area contributed by atoms with E-state index < -0.39 is 0 Å². The van der Waals surface area contributed by atoms with Crippen LogP contribution in [-0.2, 0) is 13.1 Å². The molecule has 1 aliphatic heterocycles. The minimum absolute atomic E-state index is 0.855. The highest BCUT2D eigenvalue weighted by molar-refractivity contribution is 5.20. The highest BCUT2D eigenvalue weighted by Gasteiger charge is 2.36. The molecular weight excluding hydrogens is 236 g/mol. The summed E-state index contributed by atoms with van der Waals surface area (Å²) in [6.45, 7) is 9.69. The van der Waals surface area contributed by atoms with Crippen molar-refractivity contribution in [1.82, 2.24) is 10.2 Å². The van der Waals surface area contributed by atoms with Crippen LogP contribution >= 0.6 is 0 Å². The summed E-state index contributed by atoms with van der Waals surface area (Å²) in [5.41, 5.74) is 1.29. The van der Waals surface area contributed by atoms with Gasteiger partial charge in [0.05, 0.1) is 13.1 Å². The number of furan rings is 1. The summed E-state index contributed by atoms with van der Waals surface area (Å²) in [5, 5.41) is 3.34. The molecule has 3 heteroatoms. The third-order valence-electron chi connectivity index (χ3n) is 4.79. The molecule has 3 rings (SSSR count). The number of aryl methyl sites for hydroxylation is 1. The van der Waals surface area contributed by atoms with Crippen molar-refractivity contribution in [2.45, 2.75) is 46.2 Å². The molecule has 2 unspecified atom stereocenters. The van der Waals surface area contributed by atoms with Gasteiger partial charge in [0.1, 0.15) is 11.5 Å². The second kappa shape index (κ2) is 5.68. The van der Waals surface area contributed by atoms with E-state index in [0.717, 1.165) is 43.0 Å². The van der Waals surface area contributed by atoms with Gasteiger partial charge in [0.15, 0.2) is 0 Å². The van der Waals surface area contributed by atoms with Gasteiger partial charge < -0.3 is 9.73 Å². The lowest BCUT2D eigenvalue weighted by Crippen LogP contribution is -2.20. The van der Waals surface area contributed by atoms with Gasteiger partial charge in [0, 0.05) is 13.1 Å². The first-order valence-corrected chi connectivity index (χ1v) is 7.77. The molecule has 1 aromatic rings. The summed E-state index contributed by atoms with van der Waals surface area (Å²) < 4.78 is 6.00. The molecule has 0 radical (unpaired) electrons.